The van der Waals surface area contributed by atoms with Crippen LogP contribution in [-0.4, -0.2) is 88.3 Å². The zero-order chi connectivity index (χ0) is 92.0. The molecule has 8 heterocycles. The van der Waals surface area contributed by atoms with Crippen LogP contribution in [0.3, 0.4) is 0 Å². The number of rotatable bonds is 12. The standard InChI is InChI=1S/C20H16N2O.2C19H15N3O.C19H14N2O.C19H13NO2.C19H13NOS/c1-14-8-2-5-11-17(14)22-18-12-6-4-10-16(18)21-20(22)15-9-3-7-13-19(15)23;1-13-7-10-19(23)18(11-13)22-20-16-9-8-15(12-17(16)21(20)22)14-5-3-2-4-6-14;1-13-7-2-4-9-15(13)22-16-10-6-12-20-18(16)21-19(22)14-8-3-5-11-17(14)23;22-18-13-7-4-10-15(18)19-20-16-11-5-6-12-17(16)21(19)14-8-2-1-3-9-14;2*21-17-9-5-4-8-15(17)19-20-16-12-14(10-11-18(16)22-19)13-6-2-1-3-7-13/h2-13,23H,1H3;2*2-12,23H,1H3;1-13,22H;2*1-12,21H. The Kier molecular flexibility index (Phi) is 23.6. The first kappa shape index (κ1) is 85.0. The number of aromatic nitrogens is 12. The number of benzene rings is 17. The summed E-state index contributed by atoms with van der Waals surface area (Å²) in [5, 5.41) is 61.6. The van der Waals surface area contributed by atoms with Gasteiger partial charge in [-0.3, -0.25) is 13.7 Å². The molecule has 20 heteroatoms. The molecule has 135 heavy (non-hydrogen) atoms. The predicted octanol–water partition coefficient (Wildman–Crippen LogP) is 27.5. The second-order valence-electron chi connectivity index (χ2n) is 32.2. The van der Waals surface area contributed by atoms with Crippen LogP contribution in [0, 0.1) is 20.8 Å². The third-order valence-corrected chi connectivity index (χ3v) is 24.4. The van der Waals surface area contributed by atoms with E-state index >= 15 is 0 Å². The Balaban J connectivity index is 0.000000100. The molecule has 0 radical (unpaired) electrons. The lowest BCUT2D eigenvalue weighted by molar-refractivity contribution is 0.471. The van der Waals surface area contributed by atoms with Gasteiger partial charge >= 0.3 is 0 Å². The van der Waals surface area contributed by atoms with Crippen LogP contribution in [0.4, 0.5) is 0 Å². The number of pyridine rings is 1. The second-order valence-corrected chi connectivity index (χ2v) is 33.2. The van der Waals surface area contributed by atoms with E-state index in [1.54, 1.807) is 72.1 Å². The Morgan fingerprint density at radius 1 is 0.267 bits per heavy atom. The summed E-state index contributed by atoms with van der Waals surface area (Å²) in [6.07, 6.45) is 1.73. The quantitative estimate of drug-likeness (QED) is 0.0668. The highest BCUT2D eigenvalue weighted by Gasteiger charge is 2.28. The fraction of sp³-hybridized carbons (Fsp3) is 0.0261. The summed E-state index contributed by atoms with van der Waals surface area (Å²) in [5.74, 6) is 4.00. The monoisotopic (exact) mass is 1780 g/mol. The fourth-order valence-electron chi connectivity index (χ4n) is 16.6. The topological polar surface area (TPSA) is 240 Å². The van der Waals surface area contributed by atoms with Crippen molar-refractivity contribution in [3.05, 3.63) is 448 Å². The molecular formula is C115H86N12O7S. The van der Waals surface area contributed by atoms with Crippen molar-refractivity contribution < 1.29 is 35.1 Å². The maximum absolute atomic E-state index is 10.3. The number of imidazole rings is 3. The molecule has 8 aromatic heterocycles. The van der Waals surface area contributed by atoms with Crippen molar-refractivity contribution in [2.75, 3.05) is 0 Å². The van der Waals surface area contributed by atoms with E-state index in [-0.39, 0.29) is 28.7 Å². The van der Waals surface area contributed by atoms with Gasteiger partial charge in [-0.2, -0.15) is 0 Å². The van der Waals surface area contributed by atoms with Crippen molar-refractivity contribution in [1.29, 1.82) is 0 Å². The lowest BCUT2D eigenvalue weighted by Gasteiger charge is -2.12. The molecule has 0 aliphatic carbocycles. The Hall–Kier alpha value is -18.1. The van der Waals surface area contributed by atoms with Gasteiger partial charge in [-0.1, -0.05) is 255 Å². The van der Waals surface area contributed by atoms with Crippen LogP contribution in [-0.2, 0) is 0 Å². The van der Waals surface area contributed by atoms with Crippen LogP contribution >= 0.6 is 11.3 Å². The van der Waals surface area contributed by atoms with Crippen LogP contribution < -0.4 is 0 Å². The smallest absolute Gasteiger partial charge is 0.231 e. The number of para-hydroxylation sites is 12. The van der Waals surface area contributed by atoms with E-state index in [0.29, 0.717) is 39.8 Å². The average molecular weight is 1780 g/mol. The number of nitrogens with zero attached hydrogens (tertiary/aromatic N) is 12. The highest BCUT2D eigenvalue weighted by molar-refractivity contribution is 7.21. The molecule has 0 saturated heterocycles. The van der Waals surface area contributed by atoms with Gasteiger partial charge in [0.25, 0.3) is 0 Å². The second kappa shape index (κ2) is 37.5. The minimum absolute atomic E-state index is 0.164. The molecule has 19 nitrogen and oxygen atoms in total. The molecule has 0 amide bonds. The molecule has 25 rings (SSSR count). The van der Waals surface area contributed by atoms with E-state index in [0.717, 1.165) is 144 Å². The molecular weight excluding hydrogens is 1690 g/mol. The Morgan fingerprint density at radius 3 is 1.24 bits per heavy atom. The van der Waals surface area contributed by atoms with Gasteiger partial charge in [-0.15, -0.1) is 25.4 Å². The maximum atomic E-state index is 10.3. The molecule has 0 unspecified atom stereocenters. The number of phenols is 6. The number of hydrogen-bond donors (Lipinski definition) is 6. The van der Waals surface area contributed by atoms with Crippen molar-refractivity contribution in [3.63, 3.8) is 0 Å². The van der Waals surface area contributed by atoms with E-state index in [9.17, 15) is 30.6 Å². The van der Waals surface area contributed by atoms with Gasteiger partial charge in [0.15, 0.2) is 17.1 Å². The van der Waals surface area contributed by atoms with Crippen molar-refractivity contribution in [1.82, 2.24) is 57.7 Å². The van der Waals surface area contributed by atoms with Crippen LogP contribution in [0.2, 0.25) is 0 Å². The molecule has 25 aromatic rings. The summed E-state index contributed by atoms with van der Waals surface area (Å²) in [6, 6.07) is 138. The fourth-order valence-corrected chi connectivity index (χ4v) is 17.6. The summed E-state index contributed by atoms with van der Waals surface area (Å²) in [7, 11) is 0. The van der Waals surface area contributed by atoms with Gasteiger partial charge in [-0.25, -0.2) is 29.9 Å². The molecule has 0 bridgehead atoms. The number of aryl methyl sites for hydroxylation is 3. The van der Waals surface area contributed by atoms with E-state index < -0.39 is 0 Å². The zero-order valence-electron chi connectivity index (χ0n) is 73.4. The largest absolute Gasteiger partial charge is 0.507 e. The number of phenolic OH excluding ortho intramolecular Hbond substituents is 6. The number of hydrogen-bond acceptors (Lipinski definition) is 14. The number of oxazole rings is 1. The van der Waals surface area contributed by atoms with Crippen LogP contribution in [0.5, 0.6) is 34.5 Å². The third kappa shape index (κ3) is 17.4. The molecule has 654 valence electrons. The summed E-state index contributed by atoms with van der Waals surface area (Å²) in [5.41, 5.74) is 28.0. The summed E-state index contributed by atoms with van der Waals surface area (Å²) in [6.45, 7) is 6.17. The third-order valence-electron chi connectivity index (χ3n) is 23.3. The van der Waals surface area contributed by atoms with Gasteiger partial charge in [-0.05, 0) is 241 Å². The molecule has 0 aliphatic heterocycles. The first-order valence-corrected chi connectivity index (χ1v) is 44.7. The molecule has 17 aromatic carbocycles. The van der Waals surface area contributed by atoms with Crippen LogP contribution in [0.25, 0.3) is 178 Å². The first-order valence-electron chi connectivity index (χ1n) is 43.9. The Labute approximate surface area is 779 Å². The van der Waals surface area contributed by atoms with Crippen molar-refractivity contribution >= 4 is 76.9 Å². The van der Waals surface area contributed by atoms with Crippen LogP contribution in [0.15, 0.2) is 435 Å². The lowest BCUT2D eigenvalue weighted by Crippen LogP contribution is -2.00. The summed E-state index contributed by atoms with van der Waals surface area (Å²) >= 11 is 1.60. The predicted molar refractivity (Wildman–Crippen MR) is 541 cm³/mol. The highest BCUT2D eigenvalue weighted by atomic mass is 32.1. The molecule has 0 fully saturated rings. The van der Waals surface area contributed by atoms with Crippen molar-refractivity contribution in [2.45, 2.75) is 20.8 Å². The van der Waals surface area contributed by atoms with E-state index in [1.165, 1.54) is 16.7 Å². The molecule has 0 spiro atoms. The minimum Gasteiger partial charge on any atom is -0.507 e. The normalized spacial score (nSPS) is 11.1. The Bertz CT molecular complexity index is 8200. The zero-order valence-corrected chi connectivity index (χ0v) is 74.2. The molecule has 0 saturated carbocycles. The summed E-state index contributed by atoms with van der Waals surface area (Å²) in [4.78, 5) is 29.7. The van der Waals surface area contributed by atoms with Gasteiger partial charge in [0.2, 0.25) is 5.89 Å². The summed E-state index contributed by atoms with van der Waals surface area (Å²) < 4.78 is 17.2. The number of thiazole rings is 1. The van der Waals surface area contributed by atoms with Crippen molar-refractivity contribution in [2.24, 2.45) is 0 Å². The number of aromatic hydroxyl groups is 6. The highest BCUT2D eigenvalue weighted by Crippen LogP contribution is 2.42. The average Bonchev–Trinajstić information content (AvgIpc) is 1.50. The SMILES string of the molecule is Cc1ccc(O)c(-n2n3c4ccc(-c5ccccc5)cc4n23)c1.Cc1ccccc1-n1c(-c2ccccc2O)nc2ccccc21.Cc1ccccc1-n1c(-c2ccccc2O)nc2ncccc21.Oc1ccccc1-c1nc2cc(-c3ccccc3)ccc2o1.Oc1ccccc1-c1nc2cc(-c3ccccc3)ccc2s1.Oc1ccccc1-c1nc2ccccc2n1-c1ccccc1. The van der Waals surface area contributed by atoms with Gasteiger partial charge in [0.05, 0.1) is 77.0 Å². The van der Waals surface area contributed by atoms with E-state index in [2.05, 4.69) is 161 Å². The Morgan fingerprint density at radius 2 is 0.689 bits per heavy atom. The van der Waals surface area contributed by atoms with Gasteiger partial charge in [0.1, 0.15) is 73.4 Å². The molecule has 0 atom stereocenters. The van der Waals surface area contributed by atoms with E-state index in [1.807, 2.05) is 277 Å². The molecule has 0 aliphatic rings. The van der Waals surface area contributed by atoms with E-state index in [4.69, 9.17) is 14.4 Å². The van der Waals surface area contributed by atoms with Gasteiger partial charge < -0.3 is 35.1 Å². The van der Waals surface area contributed by atoms with Crippen LogP contribution in [0.1, 0.15) is 16.7 Å². The number of fused-ring (bicyclic) bond motifs is 9. The lowest BCUT2D eigenvalue weighted by atomic mass is 10.1. The van der Waals surface area contributed by atoms with Crippen molar-refractivity contribution in [3.8, 4) is 147 Å². The van der Waals surface area contributed by atoms with Gasteiger partial charge in [0, 0.05) is 11.9 Å². The maximum Gasteiger partial charge on any atom is 0.231 e. The first-order chi connectivity index (χ1) is 66.2. The molecule has 6 N–H and O–H groups in total. The minimum atomic E-state index is 0.164.